The fourth-order valence-corrected chi connectivity index (χ4v) is 2.45. The largest absolute Gasteiger partial charge is 0.508 e. The van der Waals surface area contributed by atoms with E-state index in [0.29, 0.717) is 17.0 Å². The van der Waals surface area contributed by atoms with E-state index in [4.69, 9.17) is 4.74 Å². The maximum atomic E-state index is 12.0. The van der Waals surface area contributed by atoms with Gasteiger partial charge in [-0.15, -0.1) is 0 Å². The summed E-state index contributed by atoms with van der Waals surface area (Å²) in [5.74, 6) is 0.408. The molecule has 0 radical (unpaired) electrons. The first-order chi connectivity index (χ1) is 12.3. The fourth-order valence-electron chi connectivity index (χ4n) is 2.45. The number of nitrogens with one attached hydrogen (secondary N) is 1. The van der Waals surface area contributed by atoms with Crippen LogP contribution in [0.4, 0.5) is 0 Å². The van der Waals surface area contributed by atoms with Gasteiger partial charge < -0.3 is 14.9 Å². The van der Waals surface area contributed by atoms with Crippen LogP contribution in [0.3, 0.4) is 0 Å². The molecule has 0 aromatic heterocycles. The van der Waals surface area contributed by atoms with Crippen LogP contribution >= 0.6 is 0 Å². The molecule has 1 amide bonds. The summed E-state index contributed by atoms with van der Waals surface area (Å²) in [6.45, 7) is 7.58. The summed E-state index contributed by atoms with van der Waals surface area (Å²) in [5.41, 5.74) is 5.34. The predicted molar refractivity (Wildman–Crippen MR) is 101 cm³/mol. The molecule has 138 valence electrons. The van der Waals surface area contributed by atoms with E-state index in [1.807, 2.05) is 25.1 Å². The van der Waals surface area contributed by atoms with Crippen molar-refractivity contribution in [1.29, 1.82) is 0 Å². The van der Waals surface area contributed by atoms with E-state index >= 15 is 0 Å². The van der Waals surface area contributed by atoms with Crippen LogP contribution in [0.15, 0.2) is 41.5 Å². The number of benzene rings is 2. The van der Waals surface area contributed by atoms with Crippen molar-refractivity contribution in [3.8, 4) is 17.2 Å². The third-order valence-corrected chi connectivity index (χ3v) is 3.87. The second-order valence-corrected chi connectivity index (χ2v) is 6.42. The molecule has 0 aliphatic heterocycles. The number of rotatable bonds is 6. The van der Waals surface area contributed by atoms with Gasteiger partial charge in [-0.05, 0) is 49.1 Å². The maximum absolute atomic E-state index is 12.0. The molecule has 26 heavy (non-hydrogen) atoms. The molecule has 0 unspecified atom stereocenters. The molecule has 6 heteroatoms. The number of hydrogen-bond acceptors (Lipinski definition) is 5. The van der Waals surface area contributed by atoms with Crippen molar-refractivity contribution in [2.75, 3.05) is 6.61 Å². The molecule has 0 saturated carbocycles. The van der Waals surface area contributed by atoms with Gasteiger partial charge in [0.1, 0.15) is 17.2 Å². The van der Waals surface area contributed by atoms with E-state index in [2.05, 4.69) is 24.4 Å². The van der Waals surface area contributed by atoms with Crippen LogP contribution in [0.2, 0.25) is 0 Å². The van der Waals surface area contributed by atoms with Crippen molar-refractivity contribution in [3.05, 3.63) is 53.1 Å². The lowest BCUT2D eigenvalue weighted by Gasteiger charge is -2.14. The van der Waals surface area contributed by atoms with Crippen molar-refractivity contribution >= 4 is 11.6 Å². The molecule has 0 heterocycles. The summed E-state index contributed by atoms with van der Waals surface area (Å²) >= 11 is 0. The van der Waals surface area contributed by atoms with Gasteiger partial charge in [0, 0.05) is 11.6 Å². The number of amides is 1. The summed E-state index contributed by atoms with van der Waals surface area (Å²) in [4.78, 5) is 12.0. The zero-order chi connectivity index (χ0) is 19.3. The van der Waals surface area contributed by atoms with Crippen molar-refractivity contribution in [2.24, 2.45) is 5.10 Å². The summed E-state index contributed by atoms with van der Waals surface area (Å²) in [5, 5.41) is 23.1. The van der Waals surface area contributed by atoms with E-state index in [0.717, 1.165) is 11.1 Å². The molecule has 0 bridgehead atoms. The highest BCUT2D eigenvalue weighted by Gasteiger charge is 2.11. The van der Waals surface area contributed by atoms with Crippen LogP contribution < -0.4 is 10.2 Å². The average molecular weight is 356 g/mol. The molecule has 0 atom stereocenters. The van der Waals surface area contributed by atoms with Crippen molar-refractivity contribution in [3.63, 3.8) is 0 Å². The first kappa shape index (κ1) is 19.3. The molecule has 0 spiro atoms. The van der Waals surface area contributed by atoms with E-state index in [1.54, 1.807) is 6.92 Å². The highest BCUT2D eigenvalue weighted by molar-refractivity contribution is 6.01. The standard InChI is InChI=1S/C20H24N2O4/c1-12(2)16-7-5-13(3)9-19(16)26-11-20(25)22-21-14(4)17-8-6-15(23)10-18(17)24/h5-10,12,23-24H,11H2,1-4H3,(H,22,25). The molecule has 2 rings (SSSR count). The summed E-state index contributed by atoms with van der Waals surface area (Å²) in [6.07, 6.45) is 0. The Kier molecular flexibility index (Phi) is 6.22. The normalized spacial score (nSPS) is 11.5. The summed E-state index contributed by atoms with van der Waals surface area (Å²) < 4.78 is 5.65. The van der Waals surface area contributed by atoms with Gasteiger partial charge in [-0.25, -0.2) is 5.43 Å². The predicted octanol–water partition coefficient (Wildman–Crippen LogP) is 3.45. The minimum absolute atomic E-state index is 0.0457. The van der Waals surface area contributed by atoms with E-state index in [1.165, 1.54) is 18.2 Å². The highest BCUT2D eigenvalue weighted by atomic mass is 16.5. The zero-order valence-electron chi connectivity index (χ0n) is 15.4. The number of aryl methyl sites for hydroxylation is 1. The quantitative estimate of drug-likeness (QED) is 0.546. The lowest BCUT2D eigenvalue weighted by atomic mass is 10.0. The summed E-state index contributed by atoms with van der Waals surface area (Å²) in [6, 6.07) is 10.1. The van der Waals surface area contributed by atoms with Gasteiger partial charge >= 0.3 is 0 Å². The van der Waals surface area contributed by atoms with Crippen LogP contribution in [0.25, 0.3) is 0 Å². The van der Waals surface area contributed by atoms with Crippen LogP contribution in [0.5, 0.6) is 17.2 Å². The second kappa shape index (κ2) is 8.38. The molecular formula is C20H24N2O4. The van der Waals surface area contributed by atoms with Crippen LogP contribution in [-0.4, -0.2) is 28.4 Å². The molecule has 0 fully saturated rings. The van der Waals surface area contributed by atoms with Crippen molar-refractivity contribution in [2.45, 2.75) is 33.6 Å². The number of ether oxygens (including phenoxy) is 1. The van der Waals surface area contributed by atoms with E-state index < -0.39 is 5.91 Å². The van der Waals surface area contributed by atoms with E-state index in [9.17, 15) is 15.0 Å². The van der Waals surface area contributed by atoms with Gasteiger partial charge in [-0.3, -0.25) is 4.79 Å². The van der Waals surface area contributed by atoms with E-state index in [-0.39, 0.29) is 24.0 Å². The zero-order valence-corrected chi connectivity index (χ0v) is 15.4. The Bertz CT molecular complexity index is 829. The Morgan fingerprint density at radius 3 is 2.58 bits per heavy atom. The van der Waals surface area contributed by atoms with Gasteiger partial charge in [0.2, 0.25) is 0 Å². The van der Waals surface area contributed by atoms with Gasteiger partial charge in [0.15, 0.2) is 6.61 Å². The third-order valence-electron chi connectivity index (χ3n) is 3.87. The molecule has 6 nitrogen and oxygen atoms in total. The van der Waals surface area contributed by atoms with Crippen LogP contribution in [0.1, 0.15) is 43.4 Å². The number of hydrogen-bond donors (Lipinski definition) is 3. The van der Waals surface area contributed by atoms with Crippen LogP contribution in [0, 0.1) is 6.92 Å². The Morgan fingerprint density at radius 1 is 1.19 bits per heavy atom. The van der Waals surface area contributed by atoms with Crippen LogP contribution in [-0.2, 0) is 4.79 Å². The molecule has 3 N–H and O–H groups in total. The third kappa shape index (κ3) is 4.99. The summed E-state index contributed by atoms with van der Waals surface area (Å²) in [7, 11) is 0. The lowest BCUT2D eigenvalue weighted by Crippen LogP contribution is -2.26. The molecule has 2 aromatic rings. The Balaban J connectivity index is 2.00. The average Bonchev–Trinajstić information content (AvgIpc) is 2.57. The number of carbonyl (C=O) groups excluding carboxylic acids is 1. The Labute approximate surface area is 153 Å². The second-order valence-electron chi connectivity index (χ2n) is 6.42. The number of aromatic hydroxyl groups is 2. The smallest absolute Gasteiger partial charge is 0.277 e. The molecule has 0 aliphatic rings. The first-order valence-electron chi connectivity index (χ1n) is 8.36. The molecular weight excluding hydrogens is 332 g/mol. The molecule has 0 aliphatic carbocycles. The number of nitrogens with zero attached hydrogens (tertiary/aromatic N) is 1. The maximum Gasteiger partial charge on any atom is 0.277 e. The minimum Gasteiger partial charge on any atom is -0.508 e. The van der Waals surface area contributed by atoms with Gasteiger partial charge in [0.25, 0.3) is 5.91 Å². The van der Waals surface area contributed by atoms with Gasteiger partial charge in [-0.2, -0.15) is 5.10 Å². The fraction of sp³-hybridized carbons (Fsp3) is 0.300. The molecule has 2 aromatic carbocycles. The number of carbonyl (C=O) groups is 1. The highest BCUT2D eigenvalue weighted by Crippen LogP contribution is 2.27. The number of hydrazone groups is 1. The monoisotopic (exact) mass is 356 g/mol. The van der Waals surface area contributed by atoms with Gasteiger partial charge in [-0.1, -0.05) is 26.0 Å². The topological polar surface area (TPSA) is 91.2 Å². The van der Waals surface area contributed by atoms with Crippen molar-refractivity contribution in [1.82, 2.24) is 5.43 Å². The molecule has 0 saturated heterocycles. The first-order valence-corrected chi connectivity index (χ1v) is 8.36. The Morgan fingerprint density at radius 2 is 1.92 bits per heavy atom. The van der Waals surface area contributed by atoms with Crippen molar-refractivity contribution < 1.29 is 19.7 Å². The lowest BCUT2D eigenvalue weighted by molar-refractivity contribution is -0.123. The Hall–Kier alpha value is -3.02. The SMILES string of the molecule is CC(=NNC(=O)COc1cc(C)ccc1C(C)C)c1ccc(O)cc1O. The number of phenols is 2. The van der Waals surface area contributed by atoms with Gasteiger partial charge in [0.05, 0.1) is 5.71 Å². The number of phenolic OH excluding ortho intramolecular Hbond substituents is 2. The minimum atomic E-state index is -0.404.